The number of aromatic amines is 1. The Morgan fingerprint density at radius 2 is 2.13 bits per heavy atom. The molecule has 158 valence electrons. The number of H-pyrrole nitrogens is 1. The average Bonchev–Trinajstić information content (AvgIpc) is 3.13. The van der Waals surface area contributed by atoms with Gasteiger partial charge in [0.05, 0.1) is 35.9 Å². The first kappa shape index (κ1) is 21.1. The van der Waals surface area contributed by atoms with Crippen LogP contribution in [0.1, 0.15) is 37.3 Å². The Hall–Kier alpha value is -3.62. The Morgan fingerprint density at radius 1 is 1.30 bits per heavy atom. The molecule has 2 aromatic carbocycles. The SMILES string of the molecule is CCCCCOc1c(OC)cc(/C=N\Nc2nc3ccc(C)cc3[nH]2)cc1[N+](=O)[O-]. The summed E-state index contributed by atoms with van der Waals surface area (Å²) < 4.78 is 11.0. The molecule has 0 spiro atoms. The Morgan fingerprint density at radius 3 is 2.87 bits per heavy atom. The van der Waals surface area contributed by atoms with Crippen LogP contribution in [0.25, 0.3) is 11.0 Å². The quantitative estimate of drug-likeness (QED) is 0.214. The van der Waals surface area contributed by atoms with E-state index in [2.05, 4.69) is 27.4 Å². The molecule has 0 saturated heterocycles. The van der Waals surface area contributed by atoms with Gasteiger partial charge in [0.15, 0.2) is 5.75 Å². The Kier molecular flexibility index (Phi) is 6.84. The molecule has 0 aliphatic carbocycles. The van der Waals surface area contributed by atoms with E-state index >= 15 is 0 Å². The smallest absolute Gasteiger partial charge is 0.315 e. The van der Waals surface area contributed by atoms with E-state index in [4.69, 9.17) is 9.47 Å². The minimum atomic E-state index is -0.482. The fourth-order valence-electron chi connectivity index (χ4n) is 2.99. The van der Waals surface area contributed by atoms with Gasteiger partial charge in [0.2, 0.25) is 11.7 Å². The van der Waals surface area contributed by atoms with E-state index in [0.717, 1.165) is 35.9 Å². The zero-order chi connectivity index (χ0) is 21.5. The minimum Gasteiger partial charge on any atom is -0.493 e. The molecule has 1 heterocycles. The summed E-state index contributed by atoms with van der Waals surface area (Å²) in [5, 5.41) is 15.7. The summed E-state index contributed by atoms with van der Waals surface area (Å²) in [6.45, 7) is 4.48. The molecule has 1 aromatic heterocycles. The van der Waals surface area contributed by atoms with Crippen molar-refractivity contribution in [2.45, 2.75) is 33.1 Å². The van der Waals surface area contributed by atoms with Crippen molar-refractivity contribution in [3.63, 3.8) is 0 Å². The van der Waals surface area contributed by atoms with Crippen LogP contribution < -0.4 is 14.9 Å². The molecule has 0 unspecified atom stereocenters. The number of methoxy groups -OCH3 is 1. The van der Waals surface area contributed by atoms with Gasteiger partial charge in [-0.05, 0) is 37.1 Å². The van der Waals surface area contributed by atoms with Gasteiger partial charge in [0.25, 0.3) is 0 Å². The van der Waals surface area contributed by atoms with E-state index in [1.807, 2.05) is 25.1 Å². The molecule has 0 fully saturated rings. The van der Waals surface area contributed by atoms with Crippen LogP contribution in [0.3, 0.4) is 0 Å². The van der Waals surface area contributed by atoms with Crippen molar-refractivity contribution in [2.75, 3.05) is 19.1 Å². The summed E-state index contributed by atoms with van der Waals surface area (Å²) >= 11 is 0. The highest BCUT2D eigenvalue weighted by Crippen LogP contribution is 2.38. The summed E-state index contributed by atoms with van der Waals surface area (Å²) in [4.78, 5) is 18.6. The predicted molar refractivity (Wildman–Crippen MR) is 117 cm³/mol. The van der Waals surface area contributed by atoms with E-state index in [1.165, 1.54) is 19.4 Å². The number of aromatic nitrogens is 2. The lowest BCUT2D eigenvalue weighted by atomic mass is 10.2. The lowest BCUT2D eigenvalue weighted by molar-refractivity contribution is -0.386. The molecular weight excluding hydrogens is 386 g/mol. The Bertz CT molecular complexity index is 1060. The summed E-state index contributed by atoms with van der Waals surface area (Å²) in [7, 11) is 1.45. The number of hydrazone groups is 1. The van der Waals surface area contributed by atoms with Gasteiger partial charge in [-0.25, -0.2) is 10.4 Å². The number of fused-ring (bicyclic) bond motifs is 1. The van der Waals surface area contributed by atoms with Gasteiger partial charge in [-0.1, -0.05) is 25.8 Å². The number of nitro benzene ring substituents is 1. The first-order valence-electron chi connectivity index (χ1n) is 9.76. The molecule has 2 N–H and O–H groups in total. The predicted octanol–water partition coefficient (Wildman–Crippen LogP) is 4.80. The number of aryl methyl sites for hydroxylation is 1. The maximum atomic E-state index is 11.5. The molecule has 0 amide bonds. The van der Waals surface area contributed by atoms with Crippen molar-refractivity contribution in [1.82, 2.24) is 9.97 Å². The normalized spacial score (nSPS) is 11.2. The first-order chi connectivity index (χ1) is 14.5. The number of nitrogens with one attached hydrogen (secondary N) is 2. The number of anilines is 1. The highest BCUT2D eigenvalue weighted by atomic mass is 16.6. The number of ether oxygens (including phenoxy) is 2. The number of nitrogens with zero attached hydrogens (tertiary/aromatic N) is 3. The van der Waals surface area contributed by atoms with E-state index in [0.29, 0.717) is 23.9 Å². The van der Waals surface area contributed by atoms with Crippen molar-refractivity contribution < 1.29 is 14.4 Å². The maximum Gasteiger partial charge on any atom is 0.315 e. The molecule has 9 nitrogen and oxygen atoms in total. The lowest BCUT2D eigenvalue weighted by Crippen LogP contribution is -2.04. The fraction of sp³-hybridized carbons (Fsp3) is 0.333. The lowest BCUT2D eigenvalue weighted by Gasteiger charge is -2.11. The maximum absolute atomic E-state index is 11.5. The summed E-state index contributed by atoms with van der Waals surface area (Å²) in [5.41, 5.74) is 5.99. The third kappa shape index (κ3) is 5.05. The second kappa shape index (κ2) is 9.73. The van der Waals surface area contributed by atoms with E-state index in [-0.39, 0.29) is 11.4 Å². The molecule has 3 aromatic rings. The number of imidazole rings is 1. The van der Waals surface area contributed by atoms with Gasteiger partial charge in [0, 0.05) is 11.6 Å². The van der Waals surface area contributed by atoms with Crippen LogP contribution in [0.5, 0.6) is 11.5 Å². The number of unbranched alkanes of at least 4 members (excludes halogenated alkanes) is 2. The average molecular weight is 411 g/mol. The molecule has 0 atom stereocenters. The summed E-state index contributed by atoms with van der Waals surface area (Å²) in [6.07, 6.45) is 4.32. The zero-order valence-electron chi connectivity index (χ0n) is 17.3. The Labute approximate surface area is 174 Å². The number of benzene rings is 2. The third-order valence-electron chi connectivity index (χ3n) is 4.49. The van der Waals surface area contributed by atoms with Crippen LogP contribution in [-0.2, 0) is 0 Å². The largest absolute Gasteiger partial charge is 0.493 e. The van der Waals surface area contributed by atoms with Crippen molar-refractivity contribution in [1.29, 1.82) is 0 Å². The van der Waals surface area contributed by atoms with Crippen LogP contribution in [0.15, 0.2) is 35.4 Å². The standard InChI is InChI=1S/C21H25N5O4/c1-4-5-6-9-30-20-18(26(27)28)11-15(12-19(20)29-3)13-22-25-21-23-16-8-7-14(2)10-17(16)24-21/h7-8,10-13H,4-6,9H2,1-3H3,(H2,23,24,25)/b22-13-. The highest BCUT2D eigenvalue weighted by Gasteiger charge is 2.22. The molecule has 0 aliphatic rings. The molecule has 0 radical (unpaired) electrons. The topological polar surface area (TPSA) is 115 Å². The van der Waals surface area contributed by atoms with Crippen LogP contribution in [0, 0.1) is 17.0 Å². The second-order valence-electron chi connectivity index (χ2n) is 6.86. The van der Waals surface area contributed by atoms with Crippen LogP contribution in [0.2, 0.25) is 0 Å². The molecule has 3 rings (SSSR count). The Balaban J connectivity index is 1.78. The van der Waals surface area contributed by atoms with Gasteiger partial charge in [0.1, 0.15) is 0 Å². The number of hydrogen-bond acceptors (Lipinski definition) is 7. The molecular formula is C21H25N5O4. The van der Waals surface area contributed by atoms with E-state index < -0.39 is 4.92 Å². The van der Waals surface area contributed by atoms with Crippen LogP contribution in [-0.4, -0.2) is 34.8 Å². The minimum absolute atomic E-state index is 0.136. The van der Waals surface area contributed by atoms with Crippen molar-refractivity contribution >= 4 is 28.9 Å². The third-order valence-corrected chi connectivity index (χ3v) is 4.49. The van der Waals surface area contributed by atoms with Gasteiger partial charge in [-0.15, -0.1) is 0 Å². The van der Waals surface area contributed by atoms with E-state index in [9.17, 15) is 10.1 Å². The van der Waals surface area contributed by atoms with Gasteiger partial charge >= 0.3 is 5.69 Å². The molecule has 0 aliphatic heterocycles. The summed E-state index contributed by atoms with van der Waals surface area (Å²) in [6, 6.07) is 8.95. The first-order valence-corrected chi connectivity index (χ1v) is 9.76. The number of nitro groups is 1. The fourth-order valence-corrected chi connectivity index (χ4v) is 2.99. The monoisotopic (exact) mass is 411 g/mol. The second-order valence-corrected chi connectivity index (χ2v) is 6.86. The summed E-state index contributed by atoms with van der Waals surface area (Å²) in [5.74, 6) is 0.905. The highest BCUT2D eigenvalue weighted by molar-refractivity contribution is 5.84. The van der Waals surface area contributed by atoms with Crippen molar-refractivity contribution in [3.8, 4) is 11.5 Å². The molecule has 30 heavy (non-hydrogen) atoms. The zero-order valence-corrected chi connectivity index (χ0v) is 17.3. The van der Waals surface area contributed by atoms with Gasteiger partial charge in [-0.2, -0.15) is 5.10 Å². The van der Waals surface area contributed by atoms with Gasteiger partial charge in [-0.3, -0.25) is 10.1 Å². The van der Waals surface area contributed by atoms with Crippen molar-refractivity contribution in [2.24, 2.45) is 5.10 Å². The number of hydrogen-bond donors (Lipinski definition) is 2. The number of rotatable bonds is 10. The van der Waals surface area contributed by atoms with Crippen LogP contribution in [0.4, 0.5) is 11.6 Å². The van der Waals surface area contributed by atoms with Crippen molar-refractivity contribution in [3.05, 3.63) is 51.6 Å². The molecule has 9 heteroatoms. The molecule has 0 saturated carbocycles. The van der Waals surface area contributed by atoms with E-state index in [1.54, 1.807) is 6.07 Å². The molecule has 0 bridgehead atoms. The van der Waals surface area contributed by atoms with Gasteiger partial charge < -0.3 is 14.5 Å². The van der Waals surface area contributed by atoms with Crippen LogP contribution >= 0.6 is 0 Å².